The molecule has 0 N–H and O–H groups in total. The molecule has 0 aliphatic rings. The molecule has 4 nitrogen and oxygen atoms in total. The number of halogens is 1. The lowest BCUT2D eigenvalue weighted by Gasteiger charge is -2.00. The third kappa shape index (κ3) is 2.79. The highest BCUT2D eigenvalue weighted by atomic mass is 79.9. The number of rotatable bonds is 3. The fourth-order valence-electron chi connectivity index (χ4n) is 1.55. The average Bonchev–Trinajstić information content (AvgIpc) is 2.81. The summed E-state index contributed by atoms with van der Waals surface area (Å²) in [5, 5.41) is 3.95. The number of hydrogen-bond donors (Lipinski definition) is 0. The molecular formula is C13H12BrNO3. The quantitative estimate of drug-likeness (QED) is 0.817. The highest BCUT2D eigenvalue weighted by Gasteiger charge is 2.11. The first kappa shape index (κ1) is 12.8. The van der Waals surface area contributed by atoms with E-state index in [2.05, 4.69) is 25.8 Å². The van der Waals surface area contributed by atoms with Crippen molar-refractivity contribution < 1.29 is 14.1 Å². The van der Waals surface area contributed by atoms with Crippen molar-refractivity contribution in [3.05, 3.63) is 40.1 Å². The Morgan fingerprint density at radius 2 is 2.22 bits per heavy atom. The van der Waals surface area contributed by atoms with Gasteiger partial charge in [-0.1, -0.05) is 27.2 Å². The molecule has 5 heteroatoms. The average molecular weight is 310 g/mol. The number of carbonyl (C=O) groups excluding carboxylic acids is 1. The van der Waals surface area contributed by atoms with E-state index in [0.29, 0.717) is 11.5 Å². The third-order valence-electron chi connectivity index (χ3n) is 2.56. The summed E-state index contributed by atoms with van der Waals surface area (Å²) in [6, 6.07) is 7.65. The Morgan fingerprint density at radius 3 is 2.89 bits per heavy atom. The van der Waals surface area contributed by atoms with Crippen molar-refractivity contribution >= 4 is 21.9 Å². The smallest absolute Gasteiger partial charge is 0.313 e. The molecule has 0 amide bonds. The number of nitrogens with zero attached hydrogens (tertiary/aromatic N) is 1. The zero-order valence-corrected chi connectivity index (χ0v) is 11.7. The summed E-state index contributed by atoms with van der Waals surface area (Å²) in [5.41, 5.74) is 2.78. The van der Waals surface area contributed by atoms with Crippen LogP contribution >= 0.6 is 15.9 Å². The highest BCUT2D eigenvalue weighted by molar-refractivity contribution is 9.10. The molecule has 2 rings (SSSR count). The van der Waals surface area contributed by atoms with Crippen molar-refractivity contribution in [2.24, 2.45) is 0 Å². The maximum atomic E-state index is 11.1. The molecule has 0 unspecified atom stereocenters. The monoisotopic (exact) mass is 309 g/mol. The number of esters is 1. The van der Waals surface area contributed by atoms with Gasteiger partial charge < -0.3 is 9.26 Å². The lowest BCUT2D eigenvalue weighted by atomic mass is 10.1. The third-order valence-corrected chi connectivity index (χ3v) is 3.45. The van der Waals surface area contributed by atoms with Crippen LogP contribution in [0.5, 0.6) is 0 Å². The SMILES string of the molecule is COC(=O)Cc1cc(-c2ccc(Br)c(C)c2)no1. The molecule has 0 aliphatic heterocycles. The second-order valence-corrected chi connectivity index (χ2v) is 4.75. The first-order chi connectivity index (χ1) is 8.60. The van der Waals surface area contributed by atoms with Crippen LogP contribution in [0.4, 0.5) is 0 Å². The van der Waals surface area contributed by atoms with Crippen LogP contribution in [-0.2, 0) is 16.0 Å². The van der Waals surface area contributed by atoms with Crippen molar-refractivity contribution in [2.75, 3.05) is 7.11 Å². The number of aromatic nitrogens is 1. The van der Waals surface area contributed by atoms with Gasteiger partial charge >= 0.3 is 5.97 Å². The topological polar surface area (TPSA) is 52.3 Å². The van der Waals surface area contributed by atoms with E-state index in [1.807, 2.05) is 25.1 Å². The van der Waals surface area contributed by atoms with Crippen molar-refractivity contribution in [1.29, 1.82) is 0 Å². The number of hydrogen-bond acceptors (Lipinski definition) is 4. The van der Waals surface area contributed by atoms with Gasteiger partial charge in [-0.05, 0) is 24.6 Å². The van der Waals surface area contributed by atoms with Crippen LogP contribution in [0.15, 0.2) is 33.3 Å². The largest absolute Gasteiger partial charge is 0.469 e. The van der Waals surface area contributed by atoms with Crippen LogP contribution in [0.1, 0.15) is 11.3 Å². The molecule has 94 valence electrons. The van der Waals surface area contributed by atoms with Crippen molar-refractivity contribution in [3.63, 3.8) is 0 Å². The Kier molecular flexibility index (Phi) is 3.81. The summed E-state index contributed by atoms with van der Waals surface area (Å²) in [6.07, 6.45) is 0.0962. The van der Waals surface area contributed by atoms with Gasteiger partial charge in [-0.2, -0.15) is 0 Å². The fourth-order valence-corrected chi connectivity index (χ4v) is 1.80. The number of benzene rings is 1. The van der Waals surface area contributed by atoms with Crippen LogP contribution in [0, 0.1) is 6.92 Å². The van der Waals surface area contributed by atoms with Crippen LogP contribution in [0.2, 0.25) is 0 Å². The normalized spacial score (nSPS) is 10.4. The second-order valence-electron chi connectivity index (χ2n) is 3.90. The first-order valence-corrected chi connectivity index (χ1v) is 6.18. The van der Waals surface area contributed by atoms with Gasteiger partial charge in [0.2, 0.25) is 0 Å². The van der Waals surface area contributed by atoms with E-state index in [1.54, 1.807) is 6.07 Å². The maximum absolute atomic E-state index is 11.1. The molecular weight excluding hydrogens is 298 g/mol. The van der Waals surface area contributed by atoms with Crippen LogP contribution in [0.25, 0.3) is 11.3 Å². The van der Waals surface area contributed by atoms with Gasteiger partial charge in [-0.15, -0.1) is 0 Å². The minimum Gasteiger partial charge on any atom is -0.469 e. The Bertz CT molecular complexity index is 577. The van der Waals surface area contributed by atoms with Crippen LogP contribution in [-0.4, -0.2) is 18.2 Å². The molecule has 0 atom stereocenters. The summed E-state index contributed by atoms with van der Waals surface area (Å²) < 4.78 is 10.7. The zero-order chi connectivity index (χ0) is 13.1. The summed E-state index contributed by atoms with van der Waals surface area (Å²) in [6.45, 7) is 2.00. The molecule has 1 heterocycles. The van der Waals surface area contributed by atoms with Crippen LogP contribution in [0.3, 0.4) is 0 Å². The Labute approximate surface area is 113 Å². The van der Waals surface area contributed by atoms with E-state index in [4.69, 9.17) is 4.52 Å². The number of methoxy groups -OCH3 is 1. The van der Waals surface area contributed by atoms with Gasteiger partial charge in [-0.25, -0.2) is 0 Å². The first-order valence-electron chi connectivity index (χ1n) is 5.39. The number of ether oxygens (including phenoxy) is 1. The van der Waals surface area contributed by atoms with Gasteiger partial charge in [-0.3, -0.25) is 4.79 Å². The molecule has 18 heavy (non-hydrogen) atoms. The number of aryl methyl sites for hydroxylation is 1. The van der Waals surface area contributed by atoms with Crippen molar-refractivity contribution in [2.45, 2.75) is 13.3 Å². The second kappa shape index (κ2) is 5.35. The molecule has 0 bridgehead atoms. The predicted molar refractivity (Wildman–Crippen MR) is 70.1 cm³/mol. The molecule has 0 radical (unpaired) electrons. The summed E-state index contributed by atoms with van der Waals surface area (Å²) in [7, 11) is 1.34. The molecule has 0 saturated heterocycles. The van der Waals surface area contributed by atoms with Crippen molar-refractivity contribution in [1.82, 2.24) is 5.16 Å². The molecule has 1 aromatic carbocycles. The minimum absolute atomic E-state index is 0.0962. The molecule has 0 aliphatic carbocycles. The van der Waals surface area contributed by atoms with Crippen LogP contribution < -0.4 is 0 Å². The summed E-state index contributed by atoms with van der Waals surface area (Å²) in [5.74, 6) is 0.155. The predicted octanol–water partition coefficient (Wildman–Crippen LogP) is 3.13. The highest BCUT2D eigenvalue weighted by Crippen LogP contribution is 2.24. The molecule has 0 fully saturated rings. The van der Waals surface area contributed by atoms with E-state index in [1.165, 1.54) is 7.11 Å². The number of carbonyl (C=O) groups is 1. The van der Waals surface area contributed by atoms with Crippen molar-refractivity contribution in [3.8, 4) is 11.3 Å². The fraction of sp³-hybridized carbons (Fsp3) is 0.231. The molecule has 0 spiro atoms. The Balaban J connectivity index is 2.23. The van der Waals surface area contributed by atoms with Gasteiger partial charge in [0.1, 0.15) is 17.9 Å². The van der Waals surface area contributed by atoms with E-state index in [0.717, 1.165) is 15.6 Å². The summed E-state index contributed by atoms with van der Waals surface area (Å²) >= 11 is 3.44. The van der Waals surface area contributed by atoms with E-state index in [9.17, 15) is 4.79 Å². The minimum atomic E-state index is -0.343. The van der Waals surface area contributed by atoms with E-state index in [-0.39, 0.29) is 12.4 Å². The zero-order valence-electron chi connectivity index (χ0n) is 10.1. The lowest BCUT2D eigenvalue weighted by Crippen LogP contribution is -2.03. The molecule has 0 saturated carbocycles. The van der Waals surface area contributed by atoms with Gasteiger partial charge in [0.15, 0.2) is 0 Å². The Morgan fingerprint density at radius 1 is 1.44 bits per heavy atom. The standard InChI is InChI=1S/C13H12BrNO3/c1-8-5-9(3-4-11(8)14)12-6-10(18-15-12)7-13(16)17-2/h3-6H,7H2,1-2H3. The summed E-state index contributed by atoms with van der Waals surface area (Å²) in [4.78, 5) is 11.1. The van der Waals surface area contributed by atoms with Gasteiger partial charge in [0.25, 0.3) is 0 Å². The van der Waals surface area contributed by atoms with E-state index >= 15 is 0 Å². The van der Waals surface area contributed by atoms with Gasteiger partial charge in [0.05, 0.1) is 7.11 Å². The maximum Gasteiger partial charge on any atom is 0.313 e. The lowest BCUT2D eigenvalue weighted by molar-refractivity contribution is -0.140. The van der Waals surface area contributed by atoms with Gasteiger partial charge in [0, 0.05) is 16.1 Å². The molecule has 2 aromatic rings. The Hall–Kier alpha value is -1.62. The molecule has 1 aromatic heterocycles. The van der Waals surface area contributed by atoms with E-state index < -0.39 is 0 Å².